The lowest BCUT2D eigenvalue weighted by atomic mass is 9.89. The van der Waals surface area contributed by atoms with Gasteiger partial charge in [-0.25, -0.2) is 0 Å². The maximum Gasteiger partial charge on any atom is 0.163 e. The van der Waals surface area contributed by atoms with Crippen LogP contribution in [0.4, 0.5) is 0 Å². The number of hydrogen-bond acceptors (Lipinski definition) is 2. The monoisotopic (exact) mass is 306 g/mol. The summed E-state index contributed by atoms with van der Waals surface area (Å²) in [6, 6.07) is 13.6. The van der Waals surface area contributed by atoms with E-state index >= 15 is 0 Å². The SMILES string of the molecule is Cc1cccc(C(=O)CCC(=O)c2ccc3c(c2)CCCC3)c1. The predicted molar refractivity (Wildman–Crippen MR) is 92.2 cm³/mol. The number of rotatable bonds is 5. The minimum atomic E-state index is 0.0417. The Morgan fingerprint density at radius 1 is 0.826 bits per heavy atom. The smallest absolute Gasteiger partial charge is 0.163 e. The number of hydrogen-bond donors (Lipinski definition) is 0. The second-order valence-corrected chi connectivity index (χ2v) is 6.41. The van der Waals surface area contributed by atoms with E-state index < -0.39 is 0 Å². The molecule has 0 atom stereocenters. The molecular formula is C21H22O2. The van der Waals surface area contributed by atoms with Gasteiger partial charge in [-0.1, -0.05) is 35.9 Å². The first-order chi connectivity index (χ1) is 11.1. The van der Waals surface area contributed by atoms with E-state index in [0.29, 0.717) is 5.56 Å². The van der Waals surface area contributed by atoms with Crippen LogP contribution in [0.25, 0.3) is 0 Å². The summed E-state index contributed by atoms with van der Waals surface area (Å²) in [4.78, 5) is 24.6. The average Bonchev–Trinajstić information content (AvgIpc) is 2.59. The van der Waals surface area contributed by atoms with E-state index in [1.165, 1.54) is 24.0 Å². The largest absolute Gasteiger partial charge is 0.294 e. The van der Waals surface area contributed by atoms with Crippen molar-refractivity contribution in [2.75, 3.05) is 0 Å². The van der Waals surface area contributed by atoms with Crippen LogP contribution in [0.1, 0.15) is 63.1 Å². The van der Waals surface area contributed by atoms with Crippen LogP contribution in [-0.4, -0.2) is 11.6 Å². The van der Waals surface area contributed by atoms with Crippen molar-refractivity contribution in [2.45, 2.75) is 45.4 Å². The van der Waals surface area contributed by atoms with E-state index in [1.807, 2.05) is 43.3 Å². The highest BCUT2D eigenvalue weighted by Gasteiger charge is 2.14. The quantitative estimate of drug-likeness (QED) is 0.749. The summed E-state index contributed by atoms with van der Waals surface area (Å²) in [7, 11) is 0. The molecule has 0 saturated carbocycles. The van der Waals surface area contributed by atoms with Gasteiger partial charge in [0.05, 0.1) is 0 Å². The van der Waals surface area contributed by atoms with Gasteiger partial charge in [-0.05, 0) is 55.9 Å². The Kier molecular flexibility index (Phi) is 4.71. The molecule has 0 unspecified atom stereocenters. The number of ketones is 2. The third-order valence-electron chi connectivity index (χ3n) is 4.59. The molecule has 0 heterocycles. The second kappa shape index (κ2) is 6.91. The van der Waals surface area contributed by atoms with Crippen molar-refractivity contribution in [1.29, 1.82) is 0 Å². The topological polar surface area (TPSA) is 34.1 Å². The normalized spacial score (nSPS) is 13.4. The van der Waals surface area contributed by atoms with Crippen molar-refractivity contribution < 1.29 is 9.59 Å². The van der Waals surface area contributed by atoms with Crippen molar-refractivity contribution in [1.82, 2.24) is 0 Å². The molecule has 2 nitrogen and oxygen atoms in total. The molecule has 0 spiro atoms. The Bertz CT molecular complexity index is 743. The molecule has 0 aromatic heterocycles. The molecule has 2 aromatic rings. The lowest BCUT2D eigenvalue weighted by molar-refractivity contribution is 0.0917. The lowest BCUT2D eigenvalue weighted by Gasteiger charge is -2.16. The third kappa shape index (κ3) is 3.76. The van der Waals surface area contributed by atoms with Gasteiger partial charge in [0.15, 0.2) is 11.6 Å². The third-order valence-corrected chi connectivity index (χ3v) is 4.59. The van der Waals surface area contributed by atoms with Gasteiger partial charge in [-0.2, -0.15) is 0 Å². The van der Waals surface area contributed by atoms with Gasteiger partial charge >= 0.3 is 0 Å². The van der Waals surface area contributed by atoms with E-state index in [4.69, 9.17) is 0 Å². The summed E-state index contributed by atoms with van der Waals surface area (Å²) in [5, 5.41) is 0. The predicted octanol–water partition coefficient (Wildman–Crippen LogP) is 4.72. The first-order valence-corrected chi connectivity index (χ1v) is 8.38. The molecule has 0 fully saturated rings. The number of carbonyl (C=O) groups is 2. The van der Waals surface area contributed by atoms with Gasteiger partial charge in [0.25, 0.3) is 0 Å². The molecule has 0 bridgehead atoms. The van der Waals surface area contributed by atoms with Gasteiger partial charge in [-0.15, -0.1) is 0 Å². The summed E-state index contributed by atoms with van der Waals surface area (Å²) < 4.78 is 0. The fraction of sp³-hybridized carbons (Fsp3) is 0.333. The van der Waals surface area contributed by atoms with Gasteiger partial charge in [0.2, 0.25) is 0 Å². The van der Waals surface area contributed by atoms with E-state index in [0.717, 1.165) is 24.0 Å². The molecule has 0 amide bonds. The minimum Gasteiger partial charge on any atom is -0.294 e. The lowest BCUT2D eigenvalue weighted by Crippen LogP contribution is -2.08. The minimum absolute atomic E-state index is 0.0417. The Labute approximate surface area is 137 Å². The maximum atomic E-state index is 12.4. The van der Waals surface area contributed by atoms with Crippen molar-refractivity contribution in [3.05, 3.63) is 70.3 Å². The van der Waals surface area contributed by atoms with Gasteiger partial charge in [0.1, 0.15) is 0 Å². The highest BCUT2D eigenvalue weighted by Crippen LogP contribution is 2.23. The highest BCUT2D eigenvalue weighted by molar-refractivity contribution is 6.02. The number of benzene rings is 2. The zero-order valence-electron chi connectivity index (χ0n) is 13.6. The molecule has 0 radical (unpaired) electrons. The first-order valence-electron chi connectivity index (χ1n) is 8.38. The maximum absolute atomic E-state index is 12.4. The molecule has 3 rings (SSSR count). The molecule has 1 aliphatic rings. The molecule has 1 aliphatic carbocycles. The number of Topliss-reactive ketones (excluding diaryl/α,β-unsaturated/α-hetero) is 2. The van der Waals surface area contributed by atoms with Gasteiger partial charge in [0, 0.05) is 24.0 Å². The first kappa shape index (κ1) is 15.7. The van der Waals surface area contributed by atoms with Crippen LogP contribution < -0.4 is 0 Å². The van der Waals surface area contributed by atoms with Crippen LogP contribution in [0.3, 0.4) is 0 Å². The molecule has 23 heavy (non-hydrogen) atoms. The van der Waals surface area contributed by atoms with Crippen LogP contribution in [-0.2, 0) is 12.8 Å². The number of fused-ring (bicyclic) bond motifs is 1. The Morgan fingerprint density at radius 3 is 2.17 bits per heavy atom. The molecule has 0 N–H and O–H groups in total. The molecule has 0 saturated heterocycles. The van der Waals surface area contributed by atoms with Crippen LogP contribution in [0.15, 0.2) is 42.5 Å². The summed E-state index contributed by atoms with van der Waals surface area (Å²) >= 11 is 0. The van der Waals surface area contributed by atoms with Crippen LogP contribution in [0.2, 0.25) is 0 Å². The molecule has 2 aromatic carbocycles. The summed E-state index contributed by atoms with van der Waals surface area (Å²) in [5.74, 6) is 0.111. The van der Waals surface area contributed by atoms with Gasteiger partial charge in [-0.3, -0.25) is 9.59 Å². The zero-order valence-corrected chi connectivity index (χ0v) is 13.6. The highest BCUT2D eigenvalue weighted by atomic mass is 16.1. The summed E-state index contributed by atoms with van der Waals surface area (Å²) in [6.07, 6.45) is 5.20. The van der Waals surface area contributed by atoms with Crippen molar-refractivity contribution >= 4 is 11.6 Å². The Balaban J connectivity index is 1.64. The van der Waals surface area contributed by atoms with Crippen molar-refractivity contribution in [2.24, 2.45) is 0 Å². The van der Waals surface area contributed by atoms with Crippen LogP contribution in [0, 0.1) is 6.92 Å². The van der Waals surface area contributed by atoms with E-state index in [-0.39, 0.29) is 24.4 Å². The standard InChI is InChI=1S/C21H22O2/c1-15-5-4-8-18(13-15)20(22)11-12-21(23)19-10-9-16-6-2-3-7-17(16)14-19/h4-5,8-10,13-14H,2-3,6-7,11-12H2,1H3. The molecule has 0 aliphatic heterocycles. The molecule has 2 heteroatoms. The summed E-state index contributed by atoms with van der Waals surface area (Å²) in [5.41, 5.74) is 5.21. The fourth-order valence-electron chi connectivity index (χ4n) is 3.24. The van der Waals surface area contributed by atoms with E-state index in [9.17, 15) is 9.59 Å². The number of carbonyl (C=O) groups excluding carboxylic acids is 2. The molecular weight excluding hydrogens is 284 g/mol. The number of aryl methyl sites for hydroxylation is 3. The Hall–Kier alpha value is -2.22. The Morgan fingerprint density at radius 2 is 1.48 bits per heavy atom. The van der Waals surface area contributed by atoms with E-state index in [1.54, 1.807) is 0 Å². The average molecular weight is 306 g/mol. The van der Waals surface area contributed by atoms with Crippen molar-refractivity contribution in [3.63, 3.8) is 0 Å². The van der Waals surface area contributed by atoms with Crippen molar-refractivity contribution in [3.8, 4) is 0 Å². The van der Waals surface area contributed by atoms with Crippen LogP contribution in [0.5, 0.6) is 0 Å². The van der Waals surface area contributed by atoms with E-state index in [2.05, 4.69) is 6.07 Å². The van der Waals surface area contributed by atoms with Crippen LogP contribution >= 0.6 is 0 Å². The fourth-order valence-corrected chi connectivity index (χ4v) is 3.24. The summed E-state index contributed by atoms with van der Waals surface area (Å²) in [6.45, 7) is 1.97. The second-order valence-electron chi connectivity index (χ2n) is 6.41. The zero-order chi connectivity index (χ0) is 16.2. The van der Waals surface area contributed by atoms with Gasteiger partial charge < -0.3 is 0 Å². The molecule has 118 valence electrons.